The van der Waals surface area contributed by atoms with Gasteiger partial charge in [0.2, 0.25) is 0 Å². The fourth-order valence-electron chi connectivity index (χ4n) is 4.67. The van der Waals surface area contributed by atoms with E-state index in [0.29, 0.717) is 19.3 Å². The Morgan fingerprint density at radius 2 is 1.75 bits per heavy atom. The molecule has 0 saturated carbocycles. The van der Waals surface area contributed by atoms with Gasteiger partial charge in [-0.3, -0.25) is 0 Å². The zero-order chi connectivity index (χ0) is 26.9. The van der Waals surface area contributed by atoms with Crippen LogP contribution in [0, 0.1) is 13.8 Å². The van der Waals surface area contributed by atoms with E-state index in [-0.39, 0.29) is 13.2 Å². The van der Waals surface area contributed by atoms with E-state index in [9.17, 15) is 13.2 Å². The summed E-state index contributed by atoms with van der Waals surface area (Å²) in [5.74, 6) is 1.61. The summed E-state index contributed by atoms with van der Waals surface area (Å²) in [6.45, 7) is 12.2. The first-order chi connectivity index (χ1) is 16.9. The first kappa shape index (κ1) is 30.0. The Morgan fingerprint density at radius 1 is 1.06 bits per heavy atom. The fourth-order valence-corrected chi connectivity index (χ4v) is 4.67. The van der Waals surface area contributed by atoms with Crippen LogP contribution >= 0.6 is 0 Å². The summed E-state index contributed by atoms with van der Waals surface area (Å²) in [5, 5.41) is 0. The molecular weight excluding hydrogens is 465 g/mol. The van der Waals surface area contributed by atoms with E-state index in [0.717, 1.165) is 59.4 Å². The molecule has 0 amide bonds. The minimum Gasteiger partial charge on any atom is -0.487 e. The molecule has 1 unspecified atom stereocenters. The summed E-state index contributed by atoms with van der Waals surface area (Å²) in [6.07, 6.45) is 5.78. The van der Waals surface area contributed by atoms with E-state index in [2.05, 4.69) is 6.08 Å². The molecule has 1 atom stereocenters. The quantitative estimate of drug-likeness (QED) is 0.208. The van der Waals surface area contributed by atoms with Crippen molar-refractivity contribution >= 4 is 0 Å². The highest BCUT2D eigenvalue weighted by molar-refractivity contribution is 5.53. The lowest BCUT2D eigenvalue weighted by atomic mass is 9.86. The highest BCUT2D eigenvalue weighted by Crippen LogP contribution is 2.42. The Labute approximate surface area is 215 Å². The summed E-state index contributed by atoms with van der Waals surface area (Å²) >= 11 is 0. The first-order valence-corrected chi connectivity index (χ1v) is 12.9. The molecule has 1 aromatic rings. The van der Waals surface area contributed by atoms with Gasteiger partial charge in [0.1, 0.15) is 17.1 Å². The number of benzene rings is 1. The van der Waals surface area contributed by atoms with Crippen molar-refractivity contribution < 1.29 is 27.4 Å². The van der Waals surface area contributed by atoms with Crippen LogP contribution in [0.3, 0.4) is 0 Å². The van der Waals surface area contributed by atoms with Crippen molar-refractivity contribution in [2.24, 2.45) is 0 Å². The van der Waals surface area contributed by atoms with E-state index in [1.54, 1.807) is 7.11 Å². The predicted octanol–water partition coefficient (Wildman–Crippen LogP) is 9.11. The molecule has 0 N–H and O–H groups in total. The average molecular weight is 509 g/mol. The number of methoxy groups -OCH3 is 1. The minimum absolute atomic E-state index is 0.00648. The molecule has 0 fully saturated rings. The fraction of sp³-hybridized carbons (Fsp3) is 0.600. The van der Waals surface area contributed by atoms with E-state index in [4.69, 9.17) is 14.2 Å². The summed E-state index contributed by atoms with van der Waals surface area (Å²) in [4.78, 5) is 0. The summed E-state index contributed by atoms with van der Waals surface area (Å²) in [5.41, 5.74) is 4.54. The summed E-state index contributed by atoms with van der Waals surface area (Å²) < 4.78 is 58.1. The van der Waals surface area contributed by atoms with Gasteiger partial charge < -0.3 is 14.2 Å². The van der Waals surface area contributed by atoms with Crippen molar-refractivity contribution in [1.29, 1.82) is 0 Å². The van der Waals surface area contributed by atoms with Crippen molar-refractivity contribution in [3.63, 3.8) is 0 Å². The zero-order valence-corrected chi connectivity index (χ0v) is 23.0. The second-order valence-electron chi connectivity index (χ2n) is 10.4. The van der Waals surface area contributed by atoms with Crippen LogP contribution in [0.4, 0.5) is 13.2 Å². The molecule has 36 heavy (non-hydrogen) atoms. The number of aryl methyl sites for hydroxylation is 1. The van der Waals surface area contributed by atoms with Gasteiger partial charge in [0.05, 0.1) is 0 Å². The lowest BCUT2D eigenvalue weighted by Gasteiger charge is -2.37. The average Bonchev–Trinajstić information content (AvgIpc) is 2.76. The second-order valence-corrected chi connectivity index (χ2v) is 10.4. The van der Waals surface area contributed by atoms with Crippen LogP contribution in [0.5, 0.6) is 11.5 Å². The third-order valence-electron chi connectivity index (χ3n) is 6.80. The van der Waals surface area contributed by atoms with Crippen LogP contribution in [0.25, 0.3) is 0 Å². The number of hydrogen-bond donors (Lipinski definition) is 0. The van der Waals surface area contributed by atoms with Gasteiger partial charge in [0, 0.05) is 18.2 Å². The molecule has 0 aliphatic carbocycles. The van der Waals surface area contributed by atoms with Crippen molar-refractivity contribution in [3.05, 3.63) is 57.7 Å². The van der Waals surface area contributed by atoms with Crippen molar-refractivity contribution in [1.82, 2.24) is 0 Å². The molecule has 0 aromatic heterocycles. The molecular formula is C30H43F3O3. The van der Waals surface area contributed by atoms with Gasteiger partial charge >= 0.3 is 6.18 Å². The molecule has 202 valence electrons. The van der Waals surface area contributed by atoms with Crippen LogP contribution in [-0.4, -0.2) is 25.7 Å². The molecule has 0 spiro atoms. The third kappa shape index (κ3) is 9.02. The van der Waals surface area contributed by atoms with E-state index in [1.165, 1.54) is 11.6 Å². The lowest BCUT2D eigenvalue weighted by Crippen LogP contribution is -2.36. The van der Waals surface area contributed by atoms with Crippen LogP contribution in [0.1, 0.15) is 89.3 Å². The molecule has 1 aromatic carbocycles. The summed E-state index contributed by atoms with van der Waals surface area (Å²) in [6, 6.07) is 1.97. The van der Waals surface area contributed by atoms with E-state index in [1.807, 2.05) is 53.7 Å². The molecule has 6 heteroatoms. The number of allylic oxidation sites excluding steroid dienone is 6. The highest BCUT2D eigenvalue weighted by atomic mass is 19.4. The topological polar surface area (TPSA) is 27.7 Å². The number of rotatable bonds is 12. The molecule has 2 rings (SSSR count). The third-order valence-corrected chi connectivity index (χ3v) is 6.80. The Morgan fingerprint density at radius 3 is 2.39 bits per heavy atom. The molecule has 1 heterocycles. The lowest BCUT2D eigenvalue weighted by molar-refractivity contribution is -0.0942. The Kier molecular flexibility index (Phi) is 11.1. The largest absolute Gasteiger partial charge is 0.487 e. The van der Waals surface area contributed by atoms with E-state index < -0.39 is 17.4 Å². The number of ether oxygens (including phenoxy) is 3. The molecule has 3 nitrogen and oxygen atoms in total. The van der Waals surface area contributed by atoms with Gasteiger partial charge in [0.25, 0.3) is 0 Å². The first-order valence-electron chi connectivity index (χ1n) is 12.9. The standard InChI is InChI=1S/C30H43F3O3/c1-21(2)11-8-12-22(3)13-9-14-25(30(31,32)33)15-10-17-29(6)18-16-26-24(5)28(35-20-34-7)23(4)19-27(26)36-29/h11,13,15,19H,8-10,12,14,16-18,20H2,1-7H3/b22-13+,25-15-. The van der Waals surface area contributed by atoms with Crippen molar-refractivity contribution in [2.45, 2.75) is 105 Å². The van der Waals surface area contributed by atoms with Crippen LogP contribution in [0.2, 0.25) is 0 Å². The molecule has 1 aliphatic heterocycles. The highest BCUT2D eigenvalue weighted by Gasteiger charge is 2.35. The van der Waals surface area contributed by atoms with Crippen molar-refractivity contribution in [2.75, 3.05) is 13.9 Å². The van der Waals surface area contributed by atoms with Gasteiger partial charge in [0.15, 0.2) is 6.79 Å². The Balaban J connectivity index is 2.02. The maximum absolute atomic E-state index is 13.7. The van der Waals surface area contributed by atoms with Gasteiger partial charge in [-0.1, -0.05) is 29.4 Å². The number of halogens is 3. The van der Waals surface area contributed by atoms with Crippen LogP contribution in [0.15, 0.2) is 41.0 Å². The molecule has 0 radical (unpaired) electrons. The zero-order valence-electron chi connectivity index (χ0n) is 23.0. The minimum atomic E-state index is -4.31. The Bertz CT molecular complexity index is 969. The van der Waals surface area contributed by atoms with Crippen LogP contribution in [-0.2, 0) is 11.2 Å². The molecule has 1 aliphatic rings. The van der Waals surface area contributed by atoms with E-state index >= 15 is 0 Å². The normalized spacial score (nSPS) is 18.5. The van der Waals surface area contributed by atoms with Crippen LogP contribution < -0.4 is 9.47 Å². The van der Waals surface area contributed by atoms with Gasteiger partial charge in [-0.25, -0.2) is 0 Å². The van der Waals surface area contributed by atoms with Gasteiger partial charge in [-0.05, 0) is 110 Å². The number of alkyl halides is 3. The van der Waals surface area contributed by atoms with Gasteiger partial charge in [-0.2, -0.15) is 13.2 Å². The Hall–Kier alpha value is -2.21. The monoisotopic (exact) mass is 508 g/mol. The molecule has 0 saturated heterocycles. The summed E-state index contributed by atoms with van der Waals surface area (Å²) in [7, 11) is 1.58. The number of fused-ring (bicyclic) bond motifs is 1. The maximum Gasteiger partial charge on any atom is 0.412 e. The SMILES string of the molecule is COCOc1c(C)cc2c(c1C)CCC(C)(CC/C=C(/CC/C=C(\C)CCC=C(C)C)C(F)(F)F)O2. The van der Waals surface area contributed by atoms with Crippen molar-refractivity contribution in [3.8, 4) is 11.5 Å². The predicted molar refractivity (Wildman–Crippen MR) is 141 cm³/mol. The smallest absolute Gasteiger partial charge is 0.412 e. The molecule has 0 bridgehead atoms. The number of hydrogen-bond acceptors (Lipinski definition) is 3. The van der Waals surface area contributed by atoms with Gasteiger partial charge in [-0.15, -0.1) is 0 Å². The second kappa shape index (κ2) is 13.4. The maximum atomic E-state index is 13.7.